The number of nitrogens with zero attached hydrogens (tertiary/aromatic N) is 3. The van der Waals surface area contributed by atoms with Gasteiger partial charge in [-0.25, -0.2) is 4.98 Å². The molecule has 2 aromatic rings. The summed E-state index contributed by atoms with van der Waals surface area (Å²) in [4.78, 5) is 18.7. The van der Waals surface area contributed by atoms with E-state index in [2.05, 4.69) is 9.72 Å². The van der Waals surface area contributed by atoms with Crippen molar-refractivity contribution in [3.63, 3.8) is 0 Å². The van der Waals surface area contributed by atoms with Crippen LogP contribution in [0.1, 0.15) is 35.3 Å². The number of carbonyl (C=O) groups excluding carboxylic acids is 1. The molecule has 146 valence electrons. The van der Waals surface area contributed by atoms with Crippen molar-refractivity contribution in [3.8, 4) is 5.75 Å². The summed E-state index contributed by atoms with van der Waals surface area (Å²) in [7, 11) is 1.76. The lowest BCUT2D eigenvalue weighted by Gasteiger charge is -2.29. The molecule has 1 fully saturated rings. The van der Waals surface area contributed by atoms with Crippen LogP contribution >= 0.6 is 0 Å². The highest BCUT2D eigenvalue weighted by molar-refractivity contribution is 5.92. The van der Waals surface area contributed by atoms with E-state index in [1.165, 1.54) is 24.5 Å². The van der Waals surface area contributed by atoms with E-state index in [9.17, 15) is 18.0 Å². The zero-order chi connectivity index (χ0) is 19.6. The summed E-state index contributed by atoms with van der Waals surface area (Å²) in [5.41, 5.74) is 6.83. The molecule has 3 rings (SSSR count). The first-order valence-corrected chi connectivity index (χ1v) is 8.60. The van der Waals surface area contributed by atoms with Crippen molar-refractivity contribution < 1.29 is 22.7 Å². The number of hydrogen-bond donors (Lipinski definition) is 1. The van der Waals surface area contributed by atoms with Gasteiger partial charge in [0.15, 0.2) is 0 Å². The molecule has 0 spiro atoms. The SMILES string of the molecule is Cn1cnc(C(=O)N(Cc2cccc(OC(F)(F)F)c2)[C@@H]2CC[C@H](N)C2)c1. The predicted octanol–water partition coefficient (Wildman–Crippen LogP) is 2.84. The number of alkyl halides is 3. The normalized spacial score (nSPS) is 19.9. The number of imidazole rings is 1. The summed E-state index contributed by atoms with van der Waals surface area (Å²) in [5, 5.41) is 0. The number of rotatable bonds is 5. The second-order valence-electron chi connectivity index (χ2n) is 6.78. The molecule has 1 aromatic carbocycles. The number of ether oxygens (including phenoxy) is 1. The summed E-state index contributed by atoms with van der Waals surface area (Å²) in [6.07, 6.45) is 0.584. The van der Waals surface area contributed by atoms with Crippen LogP contribution < -0.4 is 10.5 Å². The van der Waals surface area contributed by atoms with Gasteiger partial charge in [0.1, 0.15) is 11.4 Å². The number of hydrogen-bond acceptors (Lipinski definition) is 4. The largest absolute Gasteiger partial charge is 0.573 e. The van der Waals surface area contributed by atoms with Crippen LogP contribution in [-0.2, 0) is 13.6 Å². The average molecular weight is 382 g/mol. The van der Waals surface area contributed by atoms with Crippen LogP contribution in [0, 0.1) is 0 Å². The van der Waals surface area contributed by atoms with E-state index in [1.807, 2.05) is 0 Å². The molecule has 9 heteroatoms. The maximum Gasteiger partial charge on any atom is 0.573 e. The first-order chi connectivity index (χ1) is 12.7. The second kappa shape index (κ2) is 7.59. The van der Waals surface area contributed by atoms with Crippen LogP contribution in [0.15, 0.2) is 36.8 Å². The lowest BCUT2D eigenvalue weighted by Crippen LogP contribution is -2.39. The average Bonchev–Trinajstić information content (AvgIpc) is 3.19. The Balaban J connectivity index is 1.83. The molecule has 1 aromatic heterocycles. The molecule has 1 heterocycles. The van der Waals surface area contributed by atoms with Gasteiger partial charge in [-0.2, -0.15) is 0 Å². The Morgan fingerprint density at radius 1 is 1.41 bits per heavy atom. The van der Waals surface area contributed by atoms with Crippen LogP contribution in [0.2, 0.25) is 0 Å². The molecule has 27 heavy (non-hydrogen) atoms. The molecule has 1 saturated carbocycles. The van der Waals surface area contributed by atoms with Crippen molar-refractivity contribution >= 4 is 5.91 Å². The van der Waals surface area contributed by atoms with Crippen LogP contribution in [0.4, 0.5) is 13.2 Å². The van der Waals surface area contributed by atoms with Crippen molar-refractivity contribution in [2.45, 2.75) is 44.3 Å². The molecule has 6 nitrogen and oxygen atoms in total. The van der Waals surface area contributed by atoms with Gasteiger partial charge in [0.25, 0.3) is 5.91 Å². The Hall–Kier alpha value is -2.55. The van der Waals surface area contributed by atoms with E-state index in [0.717, 1.165) is 12.8 Å². The summed E-state index contributed by atoms with van der Waals surface area (Å²) in [6.45, 7) is 0.155. The minimum Gasteiger partial charge on any atom is -0.406 e. The third kappa shape index (κ3) is 5.00. The number of aryl methyl sites for hydroxylation is 1. The van der Waals surface area contributed by atoms with Gasteiger partial charge in [0, 0.05) is 31.9 Å². The number of amides is 1. The van der Waals surface area contributed by atoms with Crippen molar-refractivity contribution in [2.75, 3.05) is 0 Å². The molecule has 2 atom stereocenters. The predicted molar refractivity (Wildman–Crippen MR) is 91.8 cm³/mol. The summed E-state index contributed by atoms with van der Waals surface area (Å²) in [6, 6.07) is 5.58. The van der Waals surface area contributed by atoms with Gasteiger partial charge in [-0.1, -0.05) is 12.1 Å². The Bertz CT molecular complexity index is 806. The lowest BCUT2D eigenvalue weighted by molar-refractivity contribution is -0.274. The Morgan fingerprint density at radius 2 is 2.19 bits per heavy atom. The fraction of sp³-hybridized carbons (Fsp3) is 0.444. The fourth-order valence-electron chi connectivity index (χ4n) is 3.35. The number of aromatic nitrogens is 2. The van der Waals surface area contributed by atoms with Gasteiger partial charge >= 0.3 is 6.36 Å². The third-order valence-corrected chi connectivity index (χ3v) is 4.56. The minimum atomic E-state index is -4.76. The monoisotopic (exact) mass is 382 g/mol. The molecule has 1 aliphatic rings. The summed E-state index contributed by atoms with van der Waals surface area (Å²) < 4.78 is 43.0. The molecule has 0 aliphatic heterocycles. The number of carbonyl (C=O) groups is 1. The van der Waals surface area contributed by atoms with E-state index in [-0.39, 0.29) is 30.3 Å². The summed E-state index contributed by atoms with van der Waals surface area (Å²) >= 11 is 0. The van der Waals surface area contributed by atoms with E-state index < -0.39 is 6.36 Å². The topological polar surface area (TPSA) is 73.4 Å². The Labute approximate surface area is 154 Å². The van der Waals surface area contributed by atoms with Crippen molar-refractivity contribution in [1.29, 1.82) is 0 Å². The van der Waals surface area contributed by atoms with E-state index in [4.69, 9.17) is 5.73 Å². The zero-order valence-corrected chi connectivity index (χ0v) is 14.8. The van der Waals surface area contributed by atoms with Gasteiger partial charge < -0.3 is 19.9 Å². The standard InChI is InChI=1S/C18H21F3N4O2/c1-24-10-16(23-11-24)17(26)25(14-6-5-13(22)8-14)9-12-3-2-4-15(7-12)27-18(19,20)21/h2-4,7,10-11,13-14H,5-6,8-9,22H2,1H3/t13-,14+/m0/s1. The molecular weight excluding hydrogens is 361 g/mol. The molecule has 0 unspecified atom stereocenters. The van der Waals surface area contributed by atoms with E-state index in [0.29, 0.717) is 17.7 Å². The van der Waals surface area contributed by atoms with Crippen LogP contribution in [0.3, 0.4) is 0 Å². The Morgan fingerprint density at radius 3 is 2.78 bits per heavy atom. The van der Waals surface area contributed by atoms with Crippen molar-refractivity contribution in [1.82, 2.24) is 14.5 Å². The first-order valence-electron chi connectivity index (χ1n) is 8.60. The van der Waals surface area contributed by atoms with Gasteiger partial charge in [-0.15, -0.1) is 13.2 Å². The zero-order valence-electron chi connectivity index (χ0n) is 14.8. The van der Waals surface area contributed by atoms with Gasteiger partial charge in [-0.3, -0.25) is 4.79 Å². The van der Waals surface area contributed by atoms with Gasteiger partial charge in [0.2, 0.25) is 0 Å². The van der Waals surface area contributed by atoms with Crippen LogP contribution in [-0.4, -0.2) is 38.8 Å². The van der Waals surface area contributed by atoms with Crippen LogP contribution in [0.5, 0.6) is 5.75 Å². The second-order valence-corrected chi connectivity index (χ2v) is 6.78. The first kappa shape index (κ1) is 19.2. The van der Waals surface area contributed by atoms with Crippen LogP contribution in [0.25, 0.3) is 0 Å². The van der Waals surface area contributed by atoms with E-state index in [1.54, 1.807) is 28.8 Å². The molecule has 2 N–H and O–H groups in total. The molecule has 0 bridgehead atoms. The third-order valence-electron chi connectivity index (χ3n) is 4.56. The van der Waals surface area contributed by atoms with Crippen molar-refractivity contribution in [2.24, 2.45) is 12.8 Å². The lowest BCUT2D eigenvalue weighted by atomic mass is 10.1. The Kier molecular flexibility index (Phi) is 5.41. The summed E-state index contributed by atoms with van der Waals surface area (Å²) in [5.74, 6) is -0.579. The van der Waals surface area contributed by atoms with Gasteiger partial charge in [-0.05, 0) is 37.0 Å². The fourth-order valence-corrected chi connectivity index (χ4v) is 3.35. The quantitative estimate of drug-likeness (QED) is 0.863. The maximum atomic E-state index is 13.0. The number of nitrogens with two attached hydrogens (primary N) is 1. The highest BCUT2D eigenvalue weighted by atomic mass is 19.4. The van der Waals surface area contributed by atoms with Gasteiger partial charge in [0.05, 0.1) is 6.33 Å². The smallest absolute Gasteiger partial charge is 0.406 e. The van der Waals surface area contributed by atoms with Crippen molar-refractivity contribution in [3.05, 3.63) is 48.0 Å². The van der Waals surface area contributed by atoms with E-state index >= 15 is 0 Å². The minimum absolute atomic E-state index is 0.00827. The number of halogens is 3. The molecule has 0 radical (unpaired) electrons. The maximum absolute atomic E-state index is 13.0. The molecule has 0 saturated heterocycles. The highest BCUT2D eigenvalue weighted by Gasteiger charge is 2.33. The molecule has 1 amide bonds. The number of benzene rings is 1. The molecular formula is C18H21F3N4O2. The molecule has 1 aliphatic carbocycles. The highest BCUT2D eigenvalue weighted by Crippen LogP contribution is 2.28.